The molecule has 0 aromatic heterocycles. The van der Waals surface area contributed by atoms with Crippen molar-refractivity contribution in [2.75, 3.05) is 21.3 Å². The van der Waals surface area contributed by atoms with E-state index >= 15 is 0 Å². The van der Waals surface area contributed by atoms with Gasteiger partial charge in [0.05, 0.1) is 32.6 Å². The second-order valence-electron chi connectivity index (χ2n) is 6.87. The summed E-state index contributed by atoms with van der Waals surface area (Å²) in [5.74, 6) is 1.59. The molecule has 10 heteroatoms. The minimum Gasteiger partial charge on any atom is -0.506 e. The van der Waals surface area contributed by atoms with Gasteiger partial charge < -0.3 is 24.1 Å². The number of halogens is 2. The molecule has 3 aromatic carbocycles. The number of aromatic hydroxyl groups is 1. The van der Waals surface area contributed by atoms with Gasteiger partial charge in [-0.1, -0.05) is 27.5 Å². The number of nitrogens with zero attached hydrogens (tertiary/aromatic N) is 1. The summed E-state index contributed by atoms with van der Waals surface area (Å²) in [6, 6.07) is 13.4. The van der Waals surface area contributed by atoms with Crippen molar-refractivity contribution in [1.82, 2.24) is 5.43 Å². The minimum atomic E-state index is -0.423. The molecule has 0 spiro atoms. The largest absolute Gasteiger partial charge is 0.506 e. The Hall–Kier alpha value is -3.43. The first-order valence-electron chi connectivity index (χ1n) is 9.89. The summed E-state index contributed by atoms with van der Waals surface area (Å²) in [6.07, 6.45) is 1.30. The van der Waals surface area contributed by atoms with Gasteiger partial charge >= 0.3 is 0 Å². The van der Waals surface area contributed by atoms with Crippen LogP contribution in [0.3, 0.4) is 0 Å². The van der Waals surface area contributed by atoms with Gasteiger partial charge in [-0.25, -0.2) is 5.43 Å². The monoisotopic (exact) mass is 548 g/mol. The SMILES string of the molecule is COc1cc(COc2ccc(C(=O)N/N=C/c3cc(Br)cc(Cl)c3O)cc2)cc(OC)c1OC. The number of hydrogen-bond acceptors (Lipinski definition) is 7. The van der Waals surface area contributed by atoms with E-state index in [1.807, 2.05) is 0 Å². The fourth-order valence-corrected chi connectivity index (χ4v) is 3.83. The maximum atomic E-state index is 12.3. The summed E-state index contributed by atoms with van der Waals surface area (Å²) in [5, 5.41) is 14.0. The third-order valence-corrected chi connectivity index (χ3v) is 5.42. The molecule has 1 amide bonds. The van der Waals surface area contributed by atoms with Gasteiger partial charge in [0, 0.05) is 15.6 Å². The van der Waals surface area contributed by atoms with E-state index in [0.29, 0.717) is 38.6 Å². The topological polar surface area (TPSA) is 98.6 Å². The molecule has 0 saturated heterocycles. The summed E-state index contributed by atoms with van der Waals surface area (Å²) >= 11 is 9.21. The first-order valence-corrected chi connectivity index (χ1v) is 11.1. The number of hydrazone groups is 1. The predicted molar refractivity (Wildman–Crippen MR) is 133 cm³/mol. The Labute approximate surface area is 210 Å². The molecule has 0 saturated carbocycles. The average Bonchev–Trinajstić information content (AvgIpc) is 2.84. The molecule has 3 rings (SSSR count). The maximum Gasteiger partial charge on any atom is 0.271 e. The van der Waals surface area contributed by atoms with Crippen LogP contribution in [0.4, 0.5) is 0 Å². The van der Waals surface area contributed by atoms with Crippen LogP contribution >= 0.6 is 27.5 Å². The first kappa shape index (κ1) is 25.2. The van der Waals surface area contributed by atoms with E-state index in [0.717, 1.165) is 5.56 Å². The lowest BCUT2D eigenvalue weighted by molar-refractivity contribution is 0.0955. The van der Waals surface area contributed by atoms with Crippen LogP contribution in [-0.4, -0.2) is 38.6 Å². The number of nitrogens with one attached hydrogen (secondary N) is 1. The van der Waals surface area contributed by atoms with E-state index in [1.54, 1.807) is 69.9 Å². The normalized spacial score (nSPS) is 10.7. The highest BCUT2D eigenvalue weighted by atomic mass is 79.9. The van der Waals surface area contributed by atoms with Gasteiger partial charge in [0.15, 0.2) is 11.5 Å². The first-order chi connectivity index (χ1) is 16.4. The standard InChI is InChI=1S/C24H22BrClN2O6/c1-31-20-8-14(9-21(32-2)23(20)33-3)13-34-18-6-4-15(5-7-18)24(30)28-27-12-16-10-17(25)11-19(26)22(16)29/h4-12,29H,13H2,1-3H3,(H,28,30)/b27-12+. The molecule has 8 nitrogen and oxygen atoms in total. The predicted octanol–water partition coefficient (Wildman–Crippen LogP) is 5.18. The Balaban J connectivity index is 1.61. The molecule has 34 heavy (non-hydrogen) atoms. The summed E-state index contributed by atoms with van der Waals surface area (Å²) in [6.45, 7) is 0.255. The molecule has 0 heterocycles. The van der Waals surface area contributed by atoms with Gasteiger partial charge in [-0.15, -0.1) is 0 Å². The van der Waals surface area contributed by atoms with Crippen molar-refractivity contribution in [2.24, 2.45) is 5.10 Å². The molecule has 2 N–H and O–H groups in total. The quantitative estimate of drug-likeness (QED) is 0.282. The molecule has 0 atom stereocenters. The van der Waals surface area contributed by atoms with Crippen LogP contribution in [0.25, 0.3) is 0 Å². The fourth-order valence-electron chi connectivity index (χ4n) is 3.00. The molecule has 0 bridgehead atoms. The highest BCUT2D eigenvalue weighted by Crippen LogP contribution is 2.38. The number of hydrogen-bond donors (Lipinski definition) is 2. The van der Waals surface area contributed by atoms with Gasteiger partial charge in [-0.05, 0) is 54.1 Å². The van der Waals surface area contributed by atoms with Crippen LogP contribution < -0.4 is 24.4 Å². The van der Waals surface area contributed by atoms with Crippen LogP contribution in [-0.2, 0) is 6.61 Å². The summed E-state index contributed by atoms with van der Waals surface area (Å²) in [5.41, 5.74) is 3.97. The number of phenols is 1. The molecule has 0 aliphatic rings. The van der Waals surface area contributed by atoms with E-state index in [9.17, 15) is 9.90 Å². The maximum absolute atomic E-state index is 12.3. The molecule has 0 fully saturated rings. The van der Waals surface area contributed by atoms with E-state index in [2.05, 4.69) is 26.5 Å². The summed E-state index contributed by atoms with van der Waals surface area (Å²) in [7, 11) is 4.64. The van der Waals surface area contributed by atoms with Crippen molar-refractivity contribution < 1.29 is 28.8 Å². The van der Waals surface area contributed by atoms with Crippen molar-refractivity contribution in [3.05, 3.63) is 74.7 Å². The summed E-state index contributed by atoms with van der Waals surface area (Å²) in [4.78, 5) is 12.3. The van der Waals surface area contributed by atoms with Crippen molar-refractivity contribution >= 4 is 39.7 Å². The van der Waals surface area contributed by atoms with Crippen molar-refractivity contribution in [3.8, 4) is 28.7 Å². The molecule has 3 aromatic rings. The Morgan fingerprint density at radius 1 is 1.06 bits per heavy atom. The third-order valence-electron chi connectivity index (χ3n) is 4.67. The van der Waals surface area contributed by atoms with Crippen molar-refractivity contribution in [3.63, 3.8) is 0 Å². The number of carbonyl (C=O) groups excluding carboxylic acids is 1. The molecule has 0 unspecified atom stereocenters. The van der Waals surface area contributed by atoms with Crippen molar-refractivity contribution in [2.45, 2.75) is 6.61 Å². The highest BCUT2D eigenvalue weighted by Gasteiger charge is 2.14. The van der Waals surface area contributed by atoms with Crippen LogP contribution in [0.15, 0.2) is 58.1 Å². The molecule has 0 aliphatic carbocycles. The van der Waals surface area contributed by atoms with Gasteiger partial charge in [-0.3, -0.25) is 4.79 Å². The third kappa shape index (κ3) is 6.12. The van der Waals surface area contributed by atoms with Crippen molar-refractivity contribution in [1.29, 1.82) is 0 Å². The Morgan fingerprint density at radius 3 is 2.29 bits per heavy atom. The van der Waals surface area contributed by atoms with Crippen LogP contribution in [0.5, 0.6) is 28.7 Å². The molecule has 0 aliphatic heterocycles. The highest BCUT2D eigenvalue weighted by molar-refractivity contribution is 9.10. The molecular weight excluding hydrogens is 528 g/mol. The zero-order chi connectivity index (χ0) is 24.7. The molecular formula is C24H22BrClN2O6. The molecule has 178 valence electrons. The Bertz CT molecular complexity index is 1180. The average molecular weight is 550 g/mol. The van der Waals surface area contributed by atoms with Gasteiger partial charge in [0.2, 0.25) is 5.75 Å². The number of ether oxygens (including phenoxy) is 4. The fraction of sp³-hybridized carbons (Fsp3) is 0.167. The van der Waals surface area contributed by atoms with E-state index < -0.39 is 5.91 Å². The summed E-state index contributed by atoms with van der Waals surface area (Å²) < 4.78 is 22.5. The molecule has 0 radical (unpaired) electrons. The van der Waals surface area contributed by atoms with Gasteiger partial charge in [0.25, 0.3) is 5.91 Å². The number of rotatable bonds is 9. The Morgan fingerprint density at radius 2 is 1.71 bits per heavy atom. The van der Waals surface area contributed by atoms with Crippen LogP contribution in [0.2, 0.25) is 5.02 Å². The zero-order valence-corrected chi connectivity index (χ0v) is 20.9. The Kier molecular flexibility index (Phi) is 8.61. The lowest BCUT2D eigenvalue weighted by Crippen LogP contribution is -2.17. The van der Waals surface area contributed by atoms with E-state index in [4.69, 9.17) is 30.5 Å². The number of benzene rings is 3. The number of methoxy groups -OCH3 is 3. The number of amides is 1. The lowest BCUT2D eigenvalue weighted by atomic mass is 10.2. The van der Waals surface area contributed by atoms with E-state index in [-0.39, 0.29) is 17.4 Å². The zero-order valence-electron chi connectivity index (χ0n) is 18.6. The van der Waals surface area contributed by atoms with Gasteiger partial charge in [-0.2, -0.15) is 5.10 Å². The van der Waals surface area contributed by atoms with E-state index in [1.165, 1.54) is 6.21 Å². The smallest absolute Gasteiger partial charge is 0.271 e. The van der Waals surface area contributed by atoms with Crippen LogP contribution in [0, 0.1) is 0 Å². The second kappa shape index (κ2) is 11.6. The van der Waals surface area contributed by atoms with Gasteiger partial charge in [0.1, 0.15) is 18.1 Å². The number of phenolic OH excluding ortho intramolecular Hbond substituents is 1. The lowest BCUT2D eigenvalue weighted by Gasteiger charge is -2.14. The number of carbonyl (C=O) groups is 1. The van der Waals surface area contributed by atoms with Crippen LogP contribution in [0.1, 0.15) is 21.5 Å². The minimum absolute atomic E-state index is 0.128. The second-order valence-corrected chi connectivity index (χ2v) is 8.19.